The van der Waals surface area contributed by atoms with E-state index in [1.165, 1.54) is 25.1 Å². The summed E-state index contributed by atoms with van der Waals surface area (Å²) in [6.07, 6.45) is 6.19. The highest BCUT2D eigenvalue weighted by molar-refractivity contribution is 5.85. The van der Waals surface area contributed by atoms with Gasteiger partial charge in [-0.1, -0.05) is 6.07 Å². The lowest BCUT2D eigenvalue weighted by atomic mass is 10.2. The maximum atomic E-state index is 4.13. The van der Waals surface area contributed by atoms with Crippen molar-refractivity contribution in [3.63, 3.8) is 0 Å². The zero-order valence-corrected chi connectivity index (χ0v) is 11.8. The van der Waals surface area contributed by atoms with Crippen LogP contribution in [0.4, 0.5) is 0 Å². The third-order valence-corrected chi connectivity index (χ3v) is 3.12. The van der Waals surface area contributed by atoms with Crippen molar-refractivity contribution in [1.82, 2.24) is 15.2 Å². The molecular formula is C12H21Cl2N3. The van der Waals surface area contributed by atoms with Crippen LogP contribution in [-0.2, 0) is 6.42 Å². The molecule has 0 aliphatic carbocycles. The van der Waals surface area contributed by atoms with Crippen molar-refractivity contribution >= 4 is 24.8 Å². The van der Waals surface area contributed by atoms with Gasteiger partial charge in [0, 0.05) is 31.5 Å². The summed E-state index contributed by atoms with van der Waals surface area (Å²) in [5, 5.41) is 3.34. The molecule has 1 atom stereocenters. The number of aromatic nitrogens is 1. The first kappa shape index (κ1) is 16.6. The minimum atomic E-state index is 0. The van der Waals surface area contributed by atoms with E-state index < -0.39 is 0 Å². The van der Waals surface area contributed by atoms with E-state index in [0.717, 1.165) is 13.0 Å². The zero-order valence-electron chi connectivity index (χ0n) is 10.1. The van der Waals surface area contributed by atoms with Crippen molar-refractivity contribution in [2.75, 3.05) is 26.7 Å². The molecule has 1 unspecified atom stereocenters. The summed E-state index contributed by atoms with van der Waals surface area (Å²) < 4.78 is 0. The molecule has 98 valence electrons. The van der Waals surface area contributed by atoms with Crippen LogP contribution >= 0.6 is 24.8 Å². The van der Waals surface area contributed by atoms with Crippen molar-refractivity contribution in [3.05, 3.63) is 30.1 Å². The third-order valence-electron chi connectivity index (χ3n) is 3.12. The van der Waals surface area contributed by atoms with E-state index in [1.807, 2.05) is 18.5 Å². The van der Waals surface area contributed by atoms with Crippen molar-refractivity contribution in [1.29, 1.82) is 0 Å². The monoisotopic (exact) mass is 277 g/mol. The summed E-state index contributed by atoms with van der Waals surface area (Å²) in [6, 6.07) is 4.85. The Kier molecular flexibility index (Phi) is 8.52. The Hall–Kier alpha value is -0.350. The molecule has 2 rings (SSSR count). The average Bonchev–Trinajstić information content (AvgIpc) is 2.76. The Morgan fingerprint density at radius 3 is 2.88 bits per heavy atom. The zero-order chi connectivity index (χ0) is 10.5. The highest BCUT2D eigenvalue weighted by atomic mass is 35.5. The summed E-state index contributed by atoms with van der Waals surface area (Å²) in [5.41, 5.74) is 1.34. The van der Waals surface area contributed by atoms with Crippen molar-refractivity contribution < 1.29 is 0 Å². The maximum Gasteiger partial charge on any atom is 0.0300 e. The van der Waals surface area contributed by atoms with Crippen LogP contribution in [-0.4, -0.2) is 42.6 Å². The number of halogens is 2. The van der Waals surface area contributed by atoms with Gasteiger partial charge in [0.1, 0.15) is 0 Å². The van der Waals surface area contributed by atoms with Crippen LogP contribution in [0.15, 0.2) is 24.5 Å². The molecule has 17 heavy (non-hydrogen) atoms. The topological polar surface area (TPSA) is 28.2 Å². The van der Waals surface area contributed by atoms with Crippen LogP contribution in [0.25, 0.3) is 0 Å². The minimum Gasteiger partial charge on any atom is -0.316 e. The molecule has 0 radical (unpaired) electrons. The molecular weight excluding hydrogens is 257 g/mol. The van der Waals surface area contributed by atoms with Gasteiger partial charge in [0.25, 0.3) is 0 Å². The first-order valence-electron chi connectivity index (χ1n) is 5.67. The molecule has 0 amide bonds. The van der Waals surface area contributed by atoms with Crippen LogP contribution in [0, 0.1) is 0 Å². The summed E-state index contributed by atoms with van der Waals surface area (Å²) >= 11 is 0. The summed E-state index contributed by atoms with van der Waals surface area (Å²) in [5.74, 6) is 0. The fourth-order valence-electron chi connectivity index (χ4n) is 2.10. The number of likely N-dealkylation sites (N-methyl/N-ethyl adjacent to an activating group) is 1. The quantitative estimate of drug-likeness (QED) is 0.909. The van der Waals surface area contributed by atoms with Gasteiger partial charge in [-0.15, -0.1) is 24.8 Å². The fourth-order valence-corrected chi connectivity index (χ4v) is 2.10. The SMILES string of the molecule is CNC1CCN(CCc2cccnc2)C1.Cl.Cl. The van der Waals surface area contributed by atoms with Crippen molar-refractivity contribution in [2.24, 2.45) is 0 Å². The van der Waals surface area contributed by atoms with Gasteiger partial charge in [0.15, 0.2) is 0 Å². The predicted molar refractivity (Wildman–Crippen MR) is 76.3 cm³/mol. The summed E-state index contributed by atoms with van der Waals surface area (Å²) in [4.78, 5) is 6.65. The molecule has 1 aromatic heterocycles. The maximum absolute atomic E-state index is 4.13. The number of nitrogens with zero attached hydrogens (tertiary/aromatic N) is 2. The van der Waals surface area contributed by atoms with Crippen LogP contribution in [0.3, 0.4) is 0 Å². The van der Waals surface area contributed by atoms with Gasteiger partial charge < -0.3 is 10.2 Å². The van der Waals surface area contributed by atoms with Gasteiger partial charge in [0.2, 0.25) is 0 Å². The Bertz CT molecular complexity index is 295. The number of rotatable bonds is 4. The van der Waals surface area contributed by atoms with Gasteiger partial charge >= 0.3 is 0 Å². The first-order chi connectivity index (χ1) is 7.38. The lowest BCUT2D eigenvalue weighted by molar-refractivity contribution is 0.334. The molecule has 0 aromatic carbocycles. The molecule has 0 saturated carbocycles. The standard InChI is InChI=1S/C12H19N3.2ClH/c1-13-12-5-8-15(10-12)7-4-11-3-2-6-14-9-11;;/h2-3,6,9,12-13H,4-5,7-8,10H2,1H3;2*1H. The van der Waals surface area contributed by atoms with Gasteiger partial charge in [0.05, 0.1) is 0 Å². The molecule has 2 heterocycles. The Morgan fingerprint density at radius 1 is 1.47 bits per heavy atom. The minimum absolute atomic E-state index is 0. The smallest absolute Gasteiger partial charge is 0.0300 e. The van der Waals surface area contributed by atoms with E-state index in [2.05, 4.69) is 28.3 Å². The molecule has 0 spiro atoms. The van der Waals surface area contributed by atoms with E-state index in [9.17, 15) is 0 Å². The van der Waals surface area contributed by atoms with Crippen LogP contribution in [0.5, 0.6) is 0 Å². The van der Waals surface area contributed by atoms with Gasteiger partial charge in [-0.05, 0) is 38.1 Å². The Labute approximate surface area is 116 Å². The fraction of sp³-hybridized carbons (Fsp3) is 0.583. The number of nitrogens with one attached hydrogen (secondary N) is 1. The van der Waals surface area contributed by atoms with Crippen LogP contribution in [0.2, 0.25) is 0 Å². The molecule has 0 bridgehead atoms. The van der Waals surface area contributed by atoms with Crippen LogP contribution in [0.1, 0.15) is 12.0 Å². The second kappa shape index (κ2) is 8.70. The number of hydrogen-bond acceptors (Lipinski definition) is 3. The number of hydrogen-bond donors (Lipinski definition) is 1. The first-order valence-corrected chi connectivity index (χ1v) is 5.67. The lowest BCUT2D eigenvalue weighted by Gasteiger charge is -2.15. The average molecular weight is 278 g/mol. The molecule has 1 N–H and O–H groups in total. The van der Waals surface area contributed by atoms with E-state index in [1.54, 1.807) is 0 Å². The van der Waals surface area contributed by atoms with E-state index in [4.69, 9.17) is 0 Å². The largest absolute Gasteiger partial charge is 0.316 e. The second-order valence-corrected chi connectivity index (χ2v) is 4.19. The third kappa shape index (κ3) is 5.21. The van der Waals surface area contributed by atoms with Gasteiger partial charge in [-0.2, -0.15) is 0 Å². The molecule has 1 aromatic rings. The van der Waals surface area contributed by atoms with Crippen molar-refractivity contribution in [3.8, 4) is 0 Å². The van der Waals surface area contributed by atoms with E-state index in [0.29, 0.717) is 6.04 Å². The molecule has 1 aliphatic heterocycles. The highest BCUT2D eigenvalue weighted by Gasteiger charge is 2.19. The number of pyridine rings is 1. The normalized spacial score (nSPS) is 19.5. The predicted octanol–water partition coefficient (Wildman–Crippen LogP) is 1.76. The summed E-state index contributed by atoms with van der Waals surface area (Å²) in [6.45, 7) is 3.58. The summed E-state index contributed by atoms with van der Waals surface area (Å²) in [7, 11) is 2.05. The lowest BCUT2D eigenvalue weighted by Crippen LogP contribution is -2.30. The number of likely N-dealkylation sites (tertiary alicyclic amines) is 1. The Morgan fingerprint density at radius 2 is 2.29 bits per heavy atom. The molecule has 1 aliphatic rings. The highest BCUT2D eigenvalue weighted by Crippen LogP contribution is 2.09. The second-order valence-electron chi connectivity index (χ2n) is 4.19. The van der Waals surface area contributed by atoms with Crippen molar-refractivity contribution in [2.45, 2.75) is 18.9 Å². The van der Waals surface area contributed by atoms with E-state index in [-0.39, 0.29) is 24.8 Å². The van der Waals surface area contributed by atoms with E-state index >= 15 is 0 Å². The molecule has 1 fully saturated rings. The van der Waals surface area contributed by atoms with Gasteiger partial charge in [-0.25, -0.2) is 0 Å². The molecule has 3 nitrogen and oxygen atoms in total. The molecule has 5 heteroatoms. The molecule has 1 saturated heterocycles. The van der Waals surface area contributed by atoms with Crippen LogP contribution < -0.4 is 5.32 Å². The van der Waals surface area contributed by atoms with Gasteiger partial charge in [-0.3, -0.25) is 4.98 Å². The Balaban J connectivity index is 0.00000128.